The second-order valence-electron chi connectivity index (χ2n) is 7.36. The minimum absolute atomic E-state index is 0.0704. The number of nitrogens with zero attached hydrogens (tertiary/aromatic N) is 1. The molecule has 1 fully saturated rings. The maximum atomic E-state index is 12.9. The van der Waals surface area contributed by atoms with E-state index in [9.17, 15) is 4.79 Å². The lowest BCUT2D eigenvalue weighted by atomic mass is 10.1. The van der Waals surface area contributed by atoms with Gasteiger partial charge in [0.05, 0.1) is 12.0 Å². The lowest BCUT2D eigenvalue weighted by molar-refractivity contribution is -0.122. The largest absolute Gasteiger partial charge is 0.493 e. The van der Waals surface area contributed by atoms with Gasteiger partial charge < -0.3 is 9.47 Å². The number of carbonyl (C=O) groups excluding carboxylic acids is 1. The number of halogens is 1. The summed E-state index contributed by atoms with van der Waals surface area (Å²) in [6.07, 6.45) is 2.59. The SMILES string of the molecule is COc1cc(C=C2SC(=S)N(CCc3ccccc3)C2=O)ccc1OCc1ccccc1Cl. The molecule has 3 aromatic carbocycles. The van der Waals surface area contributed by atoms with Gasteiger partial charge in [0.25, 0.3) is 5.91 Å². The lowest BCUT2D eigenvalue weighted by Gasteiger charge is -2.14. The van der Waals surface area contributed by atoms with Crippen molar-refractivity contribution in [1.29, 1.82) is 0 Å². The molecule has 4 nitrogen and oxygen atoms in total. The summed E-state index contributed by atoms with van der Waals surface area (Å²) in [6, 6.07) is 23.2. The molecule has 1 saturated heterocycles. The minimum Gasteiger partial charge on any atom is -0.493 e. The van der Waals surface area contributed by atoms with E-state index in [4.69, 9.17) is 33.3 Å². The number of hydrogen-bond donors (Lipinski definition) is 0. The predicted octanol–water partition coefficient (Wildman–Crippen LogP) is 6.37. The maximum absolute atomic E-state index is 12.9. The maximum Gasteiger partial charge on any atom is 0.266 e. The number of thiocarbonyl (C=S) groups is 1. The third-order valence-corrected chi connectivity index (χ3v) is 6.91. The van der Waals surface area contributed by atoms with Crippen molar-refractivity contribution in [2.45, 2.75) is 13.0 Å². The van der Waals surface area contributed by atoms with Crippen LogP contribution in [0.5, 0.6) is 11.5 Å². The number of thioether (sulfide) groups is 1. The van der Waals surface area contributed by atoms with Crippen LogP contribution >= 0.6 is 35.6 Å². The lowest BCUT2D eigenvalue weighted by Crippen LogP contribution is -2.30. The van der Waals surface area contributed by atoms with Gasteiger partial charge in [-0.3, -0.25) is 9.69 Å². The first kappa shape index (κ1) is 23.4. The molecule has 0 bridgehead atoms. The number of carbonyl (C=O) groups is 1. The Hall–Kier alpha value is -2.80. The molecule has 33 heavy (non-hydrogen) atoms. The normalized spacial score (nSPS) is 14.7. The number of benzene rings is 3. The van der Waals surface area contributed by atoms with Crippen molar-refractivity contribution in [3.63, 3.8) is 0 Å². The molecule has 0 aliphatic carbocycles. The molecule has 7 heteroatoms. The Balaban J connectivity index is 1.45. The molecule has 0 saturated carbocycles. The Morgan fingerprint density at radius 1 is 1.03 bits per heavy atom. The second kappa shape index (κ2) is 10.9. The zero-order valence-corrected chi connectivity index (χ0v) is 20.4. The van der Waals surface area contributed by atoms with Gasteiger partial charge in [-0.1, -0.05) is 90.2 Å². The van der Waals surface area contributed by atoms with E-state index in [0.717, 1.165) is 17.5 Å². The van der Waals surface area contributed by atoms with Gasteiger partial charge in [-0.25, -0.2) is 0 Å². The second-order valence-corrected chi connectivity index (χ2v) is 9.44. The van der Waals surface area contributed by atoms with Crippen LogP contribution in [-0.2, 0) is 17.8 Å². The molecule has 1 amide bonds. The third kappa shape index (κ3) is 5.77. The van der Waals surface area contributed by atoms with E-state index >= 15 is 0 Å². The molecule has 1 aliphatic heterocycles. The monoisotopic (exact) mass is 495 g/mol. The number of amides is 1. The van der Waals surface area contributed by atoms with Crippen molar-refractivity contribution in [2.24, 2.45) is 0 Å². The summed E-state index contributed by atoms with van der Waals surface area (Å²) in [6.45, 7) is 0.889. The molecule has 4 rings (SSSR count). The number of methoxy groups -OCH3 is 1. The van der Waals surface area contributed by atoms with E-state index in [1.807, 2.05) is 66.7 Å². The topological polar surface area (TPSA) is 38.8 Å². The van der Waals surface area contributed by atoms with Crippen LogP contribution in [0.25, 0.3) is 6.08 Å². The molecule has 0 N–H and O–H groups in total. The zero-order chi connectivity index (χ0) is 23.2. The van der Waals surface area contributed by atoms with Gasteiger partial charge in [0, 0.05) is 17.1 Å². The molecule has 168 valence electrons. The first-order valence-corrected chi connectivity index (χ1v) is 12.0. The van der Waals surface area contributed by atoms with Gasteiger partial charge in [0.2, 0.25) is 0 Å². The predicted molar refractivity (Wildman–Crippen MR) is 139 cm³/mol. The van der Waals surface area contributed by atoms with Gasteiger partial charge >= 0.3 is 0 Å². The highest BCUT2D eigenvalue weighted by atomic mass is 35.5. The highest BCUT2D eigenvalue weighted by Gasteiger charge is 2.31. The number of rotatable bonds is 8. The van der Waals surface area contributed by atoms with E-state index in [-0.39, 0.29) is 5.91 Å². The van der Waals surface area contributed by atoms with Crippen LogP contribution in [0.15, 0.2) is 77.7 Å². The molecule has 0 spiro atoms. The summed E-state index contributed by atoms with van der Waals surface area (Å²) < 4.78 is 12.0. The van der Waals surface area contributed by atoms with Crippen LogP contribution in [0.2, 0.25) is 5.02 Å². The Labute approximate surface area is 208 Å². The van der Waals surface area contributed by atoms with Crippen molar-refractivity contribution in [3.05, 3.63) is 99.4 Å². The molecule has 0 atom stereocenters. The van der Waals surface area contributed by atoms with Crippen LogP contribution in [0.4, 0.5) is 0 Å². The van der Waals surface area contributed by atoms with E-state index in [0.29, 0.717) is 38.9 Å². The van der Waals surface area contributed by atoms with Crippen LogP contribution < -0.4 is 9.47 Å². The van der Waals surface area contributed by atoms with Gasteiger partial charge in [-0.2, -0.15) is 0 Å². The molecule has 1 heterocycles. The van der Waals surface area contributed by atoms with Crippen molar-refractivity contribution in [2.75, 3.05) is 13.7 Å². The van der Waals surface area contributed by atoms with Crippen molar-refractivity contribution in [1.82, 2.24) is 4.90 Å². The highest BCUT2D eigenvalue weighted by molar-refractivity contribution is 8.26. The van der Waals surface area contributed by atoms with Gasteiger partial charge in [0.1, 0.15) is 10.9 Å². The fourth-order valence-electron chi connectivity index (χ4n) is 3.39. The Morgan fingerprint density at radius 2 is 1.79 bits per heavy atom. The van der Waals surface area contributed by atoms with E-state index in [1.54, 1.807) is 12.0 Å². The summed E-state index contributed by atoms with van der Waals surface area (Å²) in [5.74, 6) is 1.11. The summed E-state index contributed by atoms with van der Waals surface area (Å²) in [4.78, 5) is 15.2. The average Bonchev–Trinajstić information content (AvgIpc) is 3.10. The van der Waals surface area contributed by atoms with Gasteiger partial charge in [-0.05, 0) is 41.8 Å². The fourth-order valence-corrected chi connectivity index (χ4v) is 4.89. The third-order valence-electron chi connectivity index (χ3n) is 5.17. The quantitative estimate of drug-likeness (QED) is 0.268. The summed E-state index contributed by atoms with van der Waals surface area (Å²) in [5, 5.41) is 0.655. The molecule has 3 aromatic rings. The molecule has 1 aliphatic rings. The Morgan fingerprint density at radius 3 is 2.55 bits per heavy atom. The standard InChI is InChI=1S/C26H22ClNO3S2/c1-30-23-15-19(11-12-22(23)31-17-20-9-5-6-10-21(20)27)16-24-25(29)28(26(32)33-24)14-13-18-7-3-2-4-8-18/h2-12,15-16H,13-14,17H2,1H3. The Bertz CT molecular complexity index is 1200. The molecule has 0 unspecified atom stereocenters. The minimum atomic E-state index is -0.0704. The fraction of sp³-hybridized carbons (Fsp3) is 0.154. The van der Waals surface area contributed by atoms with Crippen molar-refractivity contribution in [3.8, 4) is 11.5 Å². The Kier molecular flexibility index (Phi) is 7.70. The van der Waals surface area contributed by atoms with Gasteiger partial charge in [0.15, 0.2) is 11.5 Å². The molecular weight excluding hydrogens is 474 g/mol. The average molecular weight is 496 g/mol. The van der Waals surface area contributed by atoms with Crippen LogP contribution in [0.1, 0.15) is 16.7 Å². The van der Waals surface area contributed by atoms with Crippen molar-refractivity contribution >= 4 is 51.9 Å². The van der Waals surface area contributed by atoms with E-state index < -0.39 is 0 Å². The number of hydrogen-bond acceptors (Lipinski definition) is 5. The summed E-state index contributed by atoms with van der Waals surface area (Å²) in [7, 11) is 1.59. The highest BCUT2D eigenvalue weighted by Crippen LogP contribution is 2.35. The summed E-state index contributed by atoms with van der Waals surface area (Å²) in [5.41, 5.74) is 2.90. The van der Waals surface area contributed by atoms with Crippen molar-refractivity contribution < 1.29 is 14.3 Å². The summed E-state index contributed by atoms with van der Waals surface area (Å²) >= 11 is 13.0. The zero-order valence-electron chi connectivity index (χ0n) is 18.0. The van der Waals surface area contributed by atoms with Crippen LogP contribution in [-0.4, -0.2) is 28.8 Å². The van der Waals surface area contributed by atoms with Crippen LogP contribution in [0.3, 0.4) is 0 Å². The van der Waals surface area contributed by atoms with E-state index in [1.165, 1.54) is 17.3 Å². The first-order chi connectivity index (χ1) is 16.0. The number of ether oxygens (including phenoxy) is 2. The smallest absolute Gasteiger partial charge is 0.266 e. The molecular formula is C26H22ClNO3S2. The first-order valence-electron chi connectivity index (χ1n) is 10.4. The van der Waals surface area contributed by atoms with E-state index in [2.05, 4.69) is 12.1 Å². The van der Waals surface area contributed by atoms with Crippen LogP contribution in [0, 0.1) is 0 Å². The van der Waals surface area contributed by atoms with Gasteiger partial charge in [-0.15, -0.1) is 0 Å². The molecule has 0 aromatic heterocycles. The molecule has 0 radical (unpaired) electrons.